The van der Waals surface area contributed by atoms with Crippen LogP contribution in [-0.2, 0) is 16.1 Å². The molecule has 0 radical (unpaired) electrons. The predicted molar refractivity (Wildman–Crippen MR) is 122 cm³/mol. The van der Waals surface area contributed by atoms with Gasteiger partial charge in [-0.3, -0.25) is 28.6 Å². The molecule has 2 aromatic rings. The van der Waals surface area contributed by atoms with Crippen molar-refractivity contribution in [3.63, 3.8) is 0 Å². The van der Waals surface area contributed by atoms with Crippen LogP contribution in [0.25, 0.3) is 4.96 Å². The third-order valence-electron chi connectivity index (χ3n) is 6.94. The molecule has 2 saturated heterocycles. The second-order valence-corrected chi connectivity index (χ2v) is 9.95. The average Bonchev–Trinajstić information content (AvgIpc) is 3.51. The number of hydrogen-bond donors (Lipinski definition) is 1. The van der Waals surface area contributed by atoms with Gasteiger partial charge in [0.1, 0.15) is 5.54 Å². The van der Waals surface area contributed by atoms with Crippen LogP contribution >= 0.6 is 11.3 Å². The van der Waals surface area contributed by atoms with E-state index in [4.69, 9.17) is 0 Å². The van der Waals surface area contributed by atoms with Crippen LogP contribution in [0.1, 0.15) is 44.2 Å². The molecule has 5 rings (SSSR count). The van der Waals surface area contributed by atoms with E-state index in [1.54, 1.807) is 12.3 Å². The first-order valence-corrected chi connectivity index (χ1v) is 12.4. The van der Waals surface area contributed by atoms with E-state index in [1.807, 2.05) is 10.3 Å². The van der Waals surface area contributed by atoms with Crippen molar-refractivity contribution >= 4 is 34.1 Å². The predicted octanol–water partition coefficient (Wildman–Crippen LogP) is 1.04. The van der Waals surface area contributed by atoms with Crippen LogP contribution in [0.5, 0.6) is 0 Å². The zero-order chi connectivity index (χ0) is 23.0. The molecule has 1 aliphatic carbocycles. The third kappa shape index (κ3) is 4.26. The maximum absolute atomic E-state index is 12.7. The summed E-state index contributed by atoms with van der Waals surface area (Å²) in [5.74, 6) is -0.0753. The number of carbonyl (C=O) groups is 3. The molecular weight excluding hydrogens is 444 g/mol. The summed E-state index contributed by atoms with van der Waals surface area (Å²) in [7, 11) is 0. The molecule has 4 amide bonds. The first-order chi connectivity index (χ1) is 15.9. The Morgan fingerprint density at radius 2 is 1.88 bits per heavy atom. The van der Waals surface area contributed by atoms with Crippen molar-refractivity contribution in [2.75, 3.05) is 32.7 Å². The van der Waals surface area contributed by atoms with Crippen LogP contribution in [0.3, 0.4) is 0 Å². The smallest absolute Gasteiger partial charge is 0.325 e. The van der Waals surface area contributed by atoms with Gasteiger partial charge in [0.25, 0.3) is 11.5 Å². The van der Waals surface area contributed by atoms with Crippen LogP contribution in [0.15, 0.2) is 22.4 Å². The Kier molecular flexibility index (Phi) is 5.92. The van der Waals surface area contributed by atoms with Crippen molar-refractivity contribution in [2.24, 2.45) is 0 Å². The van der Waals surface area contributed by atoms with Crippen molar-refractivity contribution in [1.82, 2.24) is 29.4 Å². The van der Waals surface area contributed by atoms with Crippen LogP contribution in [-0.4, -0.2) is 80.2 Å². The number of nitrogens with zero attached hydrogens (tertiary/aromatic N) is 5. The molecule has 1 N–H and O–H groups in total. The molecule has 0 bridgehead atoms. The SMILES string of the molecule is O=C(CCCN1C(=O)NC2(CCCC2)C1=O)N1CCN(Cc2cc(=O)n3ccsc3n2)CC1. The van der Waals surface area contributed by atoms with Crippen molar-refractivity contribution in [3.8, 4) is 0 Å². The van der Waals surface area contributed by atoms with Gasteiger partial charge < -0.3 is 10.2 Å². The second-order valence-electron chi connectivity index (χ2n) is 9.08. The van der Waals surface area contributed by atoms with E-state index in [9.17, 15) is 19.2 Å². The fourth-order valence-corrected chi connectivity index (χ4v) is 5.84. The number of imide groups is 1. The number of nitrogens with one attached hydrogen (secondary N) is 1. The van der Waals surface area contributed by atoms with Crippen molar-refractivity contribution in [3.05, 3.63) is 33.7 Å². The largest absolute Gasteiger partial charge is 0.340 e. The standard InChI is InChI=1S/C22H28N6O4S/c29-17(4-3-7-28-19(31)22(24-20(28)32)5-1-2-6-22)26-10-8-25(9-11-26)15-16-14-18(30)27-12-13-33-21(27)23-16/h12-14H,1-11,15H2,(H,24,32). The molecule has 176 valence electrons. The van der Waals surface area contributed by atoms with Gasteiger partial charge in [0.05, 0.1) is 5.69 Å². The molecule has 0 unspecified atom stereocenters. The van der Waals surface area contributed by atoms with Gasteiger partial charge in [0.15, 0.2) is 4.96 Å². The van der Waals surface area contributed by atoms with E-state index in [0.29, 0.717) is 63.4 Å². The molecule has 4 heterocycles. The van der Waals surface area contributed by atoms with E-state index in [-0.39, 0.29) is 29.9 Å². The number of carbonyl (C=O) groups excluding carboxylic acids is 3. The highest BCUT2D eigenvalue weighted by molar-refractivity contribution is 7.15. The second kappa shape index (κ2) is 8.86. The maximum atomic E-state index is 12.7. The Morgan fingerprint density at radius 1 is 1.12 bits per heavy atom. The van der Waals surface area contributed by atoms with Crippen LogP contribution < -0.4 is 10.9 Å². The highest BCUT2D eigenvalue weighted by Crippen LogP contribution is 2.35. The lowest BCUT2D eigenvalue weighted by Crippen LogP contribution is -2.48. The van der Waals surface area contributed by atoms with Gasteiger partial charge in [-0.2, -0.15) is 0 Å². The minimum atomic E-state index is -0.689. The number of amides is 4. The van der Waals surface area contributed by atoms with Crippen LogP contribution in [0.4, 0.5) is 4.79 Å². The molecule has 11 heteroatoms. The molecule has 2 aromatic heterocycles. The minimum Gasteiger partial charge on any atom is -0.340 e. The Bertz CT molecular complexity index is 1130. The van der Waals surface area contributed by atoms with E-state index in [1.165, 1.54) is 20.6 Å². The normalized spacial score (nSPS) is 20.8. The molecule has 3 aliphatic rings. The van der Waals surface area contributed by atoms with Crippen LogP contribution in [0, 0.1) is 0 Å². The zero-order valence-electron chi connectivity index (χ0n) is 18.5. The van der Waals surface area contributed by atoms with E-state index in [2.05, 4.69) is 15.2 Å². The summed E-state index contributed by atoms with van der Waals surface area (Å²) in [6.45, 7) is 3.53. The van der Waals surface area contributed by atoms with Gasteiger partial charge >= 0.3 is 6.03 Å². The number of fused-ring (bicyclic) bond motifs is 1. The van der Waals surface area contributed by atoms with Gasteiger partial charge in [-0.1, -0.05) is 12.8 Å². The molecule has 3 fully saturated rings. The quantitative estimate of drug-likeness (QED) is 0.630. The van der Waals surface area contributed by atoms with Gasteiger partial charge in [-0.15, -0.1) is 11.3 Å². The summed E-state index contributed by atoms with van der Waals surface area (Å²) in [6, 6.07) is 1.25. The van der Waals surface area contributed by atoms with Crippen molar-refractivity contribution < 1.29 is 14.4 Å². The number of hydrogen-bond acceptors (Lipinski definition) is 7. The topological polar surface area (TPSA) is 107 Å². The zero-order valence-corrected chi connectivity index (χ0v) is 19.3. The fraction of sp³-hybridized carbons (Fsp3) is 0.591. The van der Waals surface area contributed by atoms with Crippen molar-refractivity contribution in [2.45, 2.75) is 50.6 Å². The molecule has 0 aromatic carbocycles. The molecule has 2 aliphatic heterocycles. The fourth-order valence-electron chi connectivity index (χ4n) is 5.10. The lowest BCUT2D eigenvalue weighted by atomic mass is 9.98. The molecule has 0 atom stereocenters. The van der Waals surface area contributed by atoms with E-state index in [0.717, 1.165) is 18.5 Å². The van der Waals surface area contributed by atoms with Gasteiger partial charge in [-0.25, -0.2) is 9.78 Å². The van der Waals surface area contributed by atoms with Gasteiger partial charge in [0.2, 0.25) is 5.91 Å². The molecule has 33 heavy (non-hydrogen) atoms. The molecular formula is C22H28N6O4S. The Hall–Kier alpha value is -2.79. The summed E-state index contributed by atoms with van der Waals surface area (Å²) in [5, 5.41) is 4.72. The highest BCUT2D eigenvalue weighted by Gasteiger charge is 2.52. The monoisotopic (exact) mass is 472 g/mol. The van der Waals surface area contributed by atoms with Crippen LogP contribution in [0.2, 0.25) is 0 Å². The van der Waals surface area contributed by atoms with E-state index >= 15 is 0 Å². The first kappa shape index (κ1) is 22.0. The van der Waals surface area contributed by atoms with Gasteiger partial charge in [0, 0.05) is 63.3 Å². The first-order valence-electron chi connectivity index (χ1n) is 11.6. The van der Waals surface area contributed by atoms with E-state index < -0.39 is 5.54 Å². The maximum Gasteiger partial charge on any atom is 0.325 e. The Morgan fingerprint density at radius 3 is 2.64 bits per heavy atom. The summed E-state index contributed by atoms with van der Waals surface area (Å²) < 4.78 is 1.54. The van der Waals surface area contributed by atoms with Gasteiger partial charge in [-0.05, 0) is 19.3 Å². The number of thiazole rings is 1. The summed E-state index contributed by atoms with van der Waals surface area (Å²) >= 11 is 1.44. The average molecular weight is 473 g/mol. The summed E-state index contributed by atoms with van der Waals surface area (Å²) in [4.78, 5) is 60.3. The molecule has 1 spiro atoms. The lowest BCUT2D eigenvalue weighted by molar-refractivity contribution is -0.134. The Labute approximate surface area is 195 Å². The number of urea groups is 1. The summed E-state index contributed by atoms with van der Waals surface area (Å²) in [5.41, 5.74) is -0.0174. The number of aromatic nitrogens is 2. The minimum absolute atomic E-state index is 0.0497. The number of piperazine rings is 1. The summed E-state index contributed by atoms with van der Waals surface area (Å²) in [6.07, 6.45) is 5.86. The lowest BCUT2D eigenvalue weighted by Gasteiger charge is -2.34. The third-order valence-corrected chi connectivity index (χ3v) is 7.70. The molecule has 1 saturated carbocycles. The highest BCUT2D eigenvalue weighted by atomic mass is 32.1. The molecule has 10 nitrogen and oxygen atoms in total. The van der Waals surface area contributed by atoms with Crippen molar-refractivity contribution in [1.29, 1.82) is 0 Å². The Balaban J connectivity index is 1.07. The number of rotatable bonds is 6.